The normalized spacial score (nSPS) is 36.9. The molecule has 0 amide bonds. The van der Waals surface area contributed by atoms with E-state index in [1.165, 1.54) is 31.2 Å². The van der Waals surface area contributed by atoms with Crippen LogP contribution in [0.3, 0.4) is 0 Å². The highest BCUT2D eigenvalue weighted by molar-refractivity contribution is 6.31. The van der Waals surface area contributed by atoms with Gasteiger partial charge in [0.2, 0.25) is 0 Å². The summed E-state index contributed by atoms with van der Waals surface area (Å²) in [5, 5.41) is 0.985. The van der Waals surface area contributed by atoms with Gasteiger partial charge >= 0.3 is 0 Å². The molecule has 0 heterocycles. The summed E-state index contributed by atoms with van der Waals surface area (Å²) in [5.41, 5.74) is 3.50. The summed E-state index contributed by atoms with van der Waals surface area (Å²) < 4.78 is 0. The van der Waals surface area contributed by atoms with Crippen LogP contribution >= 0.6 is 11.6 Å². The number of hydrogen-bond acceptors (Lipinski definition) is 0. The lowest BCUT2D eigenvalue weighted by atomic mass is 9.61. The number of fused-ring (bicyclic) bond motifs is 3. The van der Waals surface area contributed by atoms with Crippen LogP contribution in [0.25, 0.3) is 0 Å². The monoisotopic (exact) mass is 234 g/mol. The Morgan fingerprint density at radius 2 is 2.19 bits per heavy atom. The molecule has 2 aliphatic rings. The Morgan fingerprint density at radius 3 is 3.00 bits per heavy atom. The van der Waals surface area contributed by atoms with Crippen molar-refractivity contribution in [1.82, 2.24) is 0 Å². The highest BCUT2D eigenvalue weighted by Crippen LogP contribution is 2.58. The minimum absolute atomic E-state index is 0.525. The summed E-state index contributed by atoms with van der Waals surface area (Å²) in [6.07, 6.45) is 5.30. The second-order valence-corrected chi connectivity index (χ2v) is 6.27. The molecule has 1 fully saturated rings. The lowest BCUT2D eigenvalue weighted by molar-refractivity contribution is 0.164. The van der Waals surface area contributed by atoms with Crippen LogP contribution in [0.4, 0.5) is 0 Å². The lowest BCUT2D eigenvalue weighted by Crippen LogP contribution is -2.34. The van der Waals surface area contributed by atoms with E-state index in [9.17, 15) is 0 Å². The predicted octanol–water partition coefficient (Wildman–Crippen LogP) is 4.81. The van der Waals surface area contributed by atoms with E-state index in [0.717, 1.165) is 16.9 Å². The van der Waals surface area contributed by atoms with Crippen molar-refractivity contribution < 1.29 is 0 Å². The zero-order valence-electron chi connectivity index (χ0n) is 10.1. The van der Waals surface area contributed by atoms with E-state index >= 15 is 0 Å². The van der Waals surface area contributed by atoms with Crippen molar-refractivity contribution in [2.24, 2.45) is 11.3 Å². The van der Waals surface area contributed by atoms with Crippen molar-refractivity contribution in [2.45, 2.75) is 45.4 Å². The third-order valence-corrected chi connectivity index (χ3v) is 5.53. The second kappa shape index (κ2) is 3.50. The zero-order chi connectivity index (χ0) is 11.3. The van der Waals surface area contributed by atoms with Gasteiger partial charge in [0.1, 0.15) is 0 Å². The Bertz CT molecular complexity index is 423. The minimum atomic E-state index is 0.525. The van der Waals surface area contributed by atoms with Crippen molar-refractivity contribution in [3.63, 3.8) is 0 Å². The largest absolute Gasteiger partial charge is 0.0840 e. The fraction of sp³-hybridized carbons (Fsp3) is 0.600. The van der Waals surface area contributed by atoms with Crippen molar-refractivity contribution in [3.8, 4) is 0 Å². The number of rotatable bonds is 0. The molecule has 0 aromatic heterocycles. The summed E-state index contributed by atoms with van der Waals surface area (Å²) in [5.74, 6) is 1.53. The van der Waals surface area contributed by atoms with Gasteiger partial charge in [0.05, 0.1) is 0 Å². The summed E-state index contributed by atoms with van der Waals surface area (Å²) >= 11 is 6.34. The van der Waals surface area contributed by atoms with E-state index < -0.39 is 0 Å². The molecule has 16 heavy (non-hydrogen) atoms. The molecule has 1 aromatic rings. The standard InChI is InChI=1S/C15H19Cl/c1-10-9-12-11(5-3-7-14(12)16)13-6-4-8-15(10,13)2/h3,5,7,10,13H,4,6,8-9H2,1-2H3/t10-,13+,15+/m0/s1. The fourth-order valence-corrected chi connectivity index (χ4v) is 4.21. The van der Waals surface area contributed by atoms with E-state index in [1.807, 2.05) is 6.07 Å². The van der Waals surface area contributed by atoms with Crippen LogP contribution in [0, 0.1) is 11.3 Å². The highest BCUT2D eigenvalue weighted by atomic mass is 35.5. The first-order valence-corrected chi connectivity index (χ1v) is 6.78. The molecule has 3 atom stereocenters. The van der Waals surface area contributed by atoms with Gasteiger partial charge in [0.25, 0.3) is 0 Å². The third-order valence-electron chi connectivity index (χ3n) is 5.17. The highest BCUT2D eigenvalue weighted by Gasteiger charge is 2.47. The van der Waals surface area contributed by atoms with Gasteiger partial charge in [-0.2, -0.15) is 0 Å². The summed E-state index contributed by atoms with van der Waals surface area (Å²) in [7, 11) is 0. The fourth-order valence-electron chi connectivity index (χ4n) is 3.95. The van der Waals surface area contributed by atoms with E-state index in [4.69, 9.17) is 11.6 Å². The van der Waals surface area contributed by atoms with Crippen molar-refractivity contribution in [2.75, 3.05) is 0 Å². The Labute approximate surface area is 103 Å². The van der Waals surface area contributed by atoms with Crippen LogP contribution in [0.5, 0.6) is 0 Å². The van der Waals surface area contributed by atoms with Gasteiger partial charge in [-0.05, 0) is 53.7 Å². The molecule has 0 unspecified atom stereocenters. The molecule has 2 aliphatic carbocycles. The quantitative estimate of drug-likeness (QED) is 0.605. The average molecular weight is 235 g/mol. The molecule has 3 rings (SSSR count). The molecule has 1 heteroatoms. The van der Waals surface area contributed by atoms with Crippen molar-refractivity contribution >= 4 is 11.6 Å². The first-order valence-electron chi connectivity index (χ1n) is 6.40. The topological polar surface area (TPSA) is 0 Å². The van der Waals surface area contributed by atoms with Gasteiger partial charge in [-0.1, -0.05) is 44.0 Å². The van der Waals surface area contributed by atoms with Crippen LogP contribution in [0.1, 0.15) is 50.2 Å². The van der Waals surface area contributed by atoms with Gasteiger partial charge in [-0.25, -0.2) is 0 Å². The van der Waals surface area contributed by atoms with E-state index in [2.05, 4.69) is 26.0 Å². The Morgan fingerprint density at radius 1 is 1.38 bits per heavy atom. The van der Waals surface area contributed by atoms with E-state index in [-0.39, 0.29) is 0 Å². The molecule has 0 bridgehead atoms. The third kappa shape index (κ3) is 1.29. The van der Waals surface area contributed by atoms with Gasteiger partial charge in [-0.15, -0.1) is 0 Å². The molecule has 0 saturated heterocycles. The van der Waals surface area contributed by atoms with E-state index in [1.54, 1.807) is 5.56 Å². The summed E-state index contributed by atoms with van der Waals surface area (Å²) in [4.78, 5) is 0. The molecule has 1 aromatic carbocycles. The Kier molecular flexibility index (Phi) is 2.33. The van der Waals surface area contributed by atoms with Gasteiger partial charge < -0.3 is 0 Å². The van der Waals surface area contributed by atoms with Crippen LogP contribution < -0.4 is 0 Å². The lowest BCUT2D eigenvalue weighted by Gasteiger charge is -2.43. The molecular formula is C15H19Cl. The minimum Gasteiger partial charge on any atom is -0.0840 e. The Hall–Kier alpha value is -0.490. The first-order chi connectivity index (χ1) is 7.63. The smallest absolute Gasteiger partial charge is 0.0440 e. The molecule has 0 spiro atoms. The molecule has 86 valence electrons. The number of benzene rings is 1. The Balaban J connectivity index is 2.16. The first kappa shape index (κ1) is 10.7. The predicted molar refractivity (Wildman–Crippen MR) is 69.0 cm³/mol. The van der Waals surface area contributed by atoms with Crippen LogP contribution in [0.2, 0.25) is 5.02 Å². The number of halogens is 1. The maximum Gasteiger partial charge on any atom is 0.0440 e. The molecule has 0 N–H and O–H groups in total. The maximum absolute atomic E-state index is 6.34. The van der Waals surface area contributed by atoms with Crippen molar-refractivity contribution in [3.05, 3.63) is 34.3 Å². The SMILES string of the molecule is C[C@H]1Cc2c(Cl)cccc2[C@H]2CCC[C@@]21C. The van der Waals surface area contributed by atoms with E-state index in [0.29, 0.717) is 5.41 Å². The summed E-state index contributed by atoms with van der Waals surface area (Å²) in [6, 6.07) is 6.47. The average Bonchev–Trinajstić information content (AvgIpc) is 2.64. The van der Waals surface area contributed by atoms with Gasteiger partial charge in [0.15, 0.2) is 0 Å². The van der Waals surface area contributed by atoms with Crippen LogP contribution in [-0.2, 0) is 6.42 Å². The molecular weight excluding hydrogens is 216 g/mol. The molecule has 0 aliphatic heterocycles. The maximum atomic E-state index is 6.34. The molecule has 1 saturated carbocycles. The van der Waals surface area contributed by atoms with Gasteiger partial charge in [-0.3, -0.25) is 0 Å². The van der Waals surface area contributed by atoms with Crippen LogP contribution in [0.15, 0.2) is 18.2 Å². The molecule has 0 radical (unpaired) electrons. The summed E-state index contributed by atoms with van der Waals surface area (Å²) in [6.45, 7) is 4.89. The second-order valence-electron chi connectivity index (χ2n) is 5.86. The van der Waals surface area contributed by atoms with Crippen LogP contribution in [-0.4, -0.2) is 0 Å². The zero-order valence-corrected chi connectivity index (χ0v) is 10.8. The van der Waals surface area contributed by atoms with Crippen molar-refractivity contribution in [1.29, 1.82) is 0 Å². The number of hydrogen-bond donors (Lipinski definition) is 0. The van der Waals surface area contributed by atoms with Gasteiger partial charge in [0, 0.05) is 5.02 Å². The molecule has 0 nitrogen and oxygen atoms in total.